The van der Waals surface area contributed by atoms with Crippen LogP contribution in [0.1, 0.15) is 22.9 Å². The van der Waals surface area contributed by atoms with E-state index in [2.05, 4.69) is 9.88 Å². The van der Waals surface area contributed by atoms with E-state index >= 15 is 0 Å². The van der Waals surface area contributed by atoms with Crippen LogP contribution in [0.25, 0.3) is 0 Å². The number of halogens is 2. The van der Waals surface area contributed by atoms with Crippen molar-refractivity contribution in [2.45, 2.75) is 24.9 Å². The van der Waals surface area contributed by atoms with Crippen molar-refractivity contribution < 1.29 is 18.0 Å². The molecule has 2 aromatic heterocycles. The third-order valence-electron chi connectivity index (χ3n) is 4.65. The van der Waals surface area contributed by atoms with E-state index in [1.807, 2.05) is 17.7 Å². The highest BCUT2D eigenvalue weighted by Crippen LogP contribution is 2.34. The predicted octanol–water partition coefficient (Wildman–Crippen LogP) is 1.59. The molecule has 128 valence electrons. The van der Waals surface area contributed by atoms with Gasteiger partial charge in [0.1, 0.15) is 0 Å². The Bertz CT molecular complexity index is 748. The van der Waals surface area contributed by atoms with Crippen LogP contribution in [0.3, 0.4) is 0 Å². The number of carbonyl (C=O) groups is 1. The molecule has 1 fully saturated rings. The summed E-state index contributed by atoms with van der Waals surface area (Å²) >= 11 is 0. The van der Waals surface area contributed by atoms with E-state index in [0.29, 0.717) is 19.6 Å². The van der Waals surface area contributed by atoms with Crippen molar-refractivity contribution in [3.05, 3.63) is 41.9 Å². The summed E-state index contributed by atoms with van der Waals surface area (Å²) < 4.78 is 33.2. The van der Waals surface area contributed by atoms with Crippen molar-refractivity contribution in [1.29, 1.82) is 0 Å². The molecular weight excluding hydrogens is 318 g/mol. The number of hydrogen-bond acceptors (Lipinski definition) is 4. The molecule has 2 aliphatic heterocycles. The maximum Gasteiger partial charge on any atom is 0.282 e. The number of furan rings is 1. The maximum atomic E-state index is 13.1. The number of imidazole rings is 1. The maximum absolute atomic E-state index is 13.1. The van der Waals surface area contributed by atoms with Gasteiger partial charge in [0, 0.05) is 32.2 Å². The van der Waals surface area contributed by atoms with Gasteiger partial charge in [-0.25, -0.2) is 13.8 Å². The minimum absolute atomic E-state index is 0.248. The average Bonchev–Trinajstić information content (AvgIpc) is 3.14. The highest BCUT2D eigenvalue weighted by Gasteiger charge is 2.49. The molecule has 24 heavy (non-hydrogen) atoms. The predicted molar refractivity (Wildman–Crippen MR) is 80.3 cm³/mol. The normalized spacial score (nSPS) is 23.0. The van der Waals surface area contributed by atoms with E-state index in [1.165, 1.54) is 4.90 Å². The Labute approximate surface area is 137 Å². The number of fused-ring (bicyclic) bond motifs is 1. The Morgan fingerprint density at radius 3 is 2.92 bits per heavy atom. The number of likely N-dealkylation sites (tertiary alicyclic amines) is 1. The van der Waals surface area contributed by atoms with Gasteiger partial charge >= 0.3 is 0 Å². The van der Waals surface area contributed by atoms with Gasteiger partial charge in [0.2, 0.25) is 5.91 Å². The van der Waals surface area contributed by atoms with Gasteiger partial charge in [-0.2, -0.15) is 0 Å². The molecule has 0 bridgehead atoms. The zero-order valence-electron chi connectivity index (χ0n) is 13.3. The van der Waals surface area contributed by atoms with E-state index < -0.39 is 24.9 Å². The molecule has 0 aliphatic carbocycles. The van der Waals surface area contributed by atoms with Gasteiger partial charge < -0.3 is 13.9 Å². The van der Waals surface area contributed by atoms with E-state index in [9.17, 15) is 13.6 Å². The second kappa shape index (κ2) is 5.41. The Morgan fingerprint density at radius 2 is 2.25 bits per heavy atom. The lowest BCUT2D eigenvalue weighted by Crippen LogP contribution is -2.60. The number of alkyl halides is 2. The summed E-state index contributed by atoms with van der Waals surface area (Å²) in [6, 6.07) is 1.88. The number of rotatable bonds is 3. The highest BCUT2D eigenvalue weighted by atomic mass is 19.3. The Balaban J connectivity index is 1.57. The van der Waals surface area contributed by atoms with E-state index in [1.54, 1.807) is 18.9 Å². The van der Waals surface area contributed by atoms with Crippen molar-refractivity contribution in [3.63, 3.8) is 0 Å². The van der Waals surface area contributed by atoms with Crippen LogP contribution < -0.4 is 0 Å². The summed E-state index contributed by atoms with van der Waals surface area (Å²) in [7, 11) is 1.84. The molecule has 0 saturated carbocycles. The molecule has 2 aromatic rings. The Morgan fingerprint density at radius 1 is 1.46 bits per heavy atom. The standard InChI is InChI=1S/C16H18F2N4O2/c1-20-10-19-13-6-21(4-11-2-3-24-7-11)5-12(14(13)20)15(23)22-8-16(17,18)9-22/h2-3,7,10,12H,4-6,8-9H2,1H3/t12-/m0/s1. The first-order chi connectivity index (χ1) is 11.4. The van der Waals surface area contributed by atoms with Crippen LogP contribution in [0, 0.1) is 0 Å². The van der Waals surface area contributed by atoms with Crippen LogP contribution in [0.2, 0.25) is 0 Å². The van der Waals surface area contributed by atoms with Crippen LogP contribution in [0.15, 0.2) is 29.3 Å². The largest absolute Gasteiger partial charge is 0.472 e. The van der Waals surface area contributed by atoms with Crippen molar-refractivity contribution in [2.24, 2.45) is 7.05 Å². The lowest BCUT2D eigenvalue weighted by molar-refractivity contribution is -0.168. The van der Waals surface area contributed by atoms with E-state index in [4.69, 9.17) is 4.42 Å². The number of amides is 1. The quantitative estimate of drug-likeness (QED) is 0.854. The van der Waals surface area contributed by atoms with Gasteiger partial charge in [-0.05, 0) is 6.07 Å². The molecule has 0 radical (unpaired) electrons. The topological polar surface area (TPSA) is 54.5 Å². The molecule has 1 amide bonds. The number of nitrogens with zero attached hydrogens (tertiary/aromatic N) is 4. The summed E-state index contributed by atoms with van der Waals surface area (Å²) in [6.07, 6.45) is 4.95. The van der Waals surface area contributed by atoms with Crippen LogP contribution in [0.4, 0.5) is 8.78 Å². The van der Waals surface area contributed by atoms with Crippen LogP contribution >= 0.6 is 0 Å². The molecule has 8 heteroatoms. The Kier molecular flexibility index (Phi) is 3.45. The SMILES string of the molecule is Cn1cnc2c1[C@@H](C(=O)N1CC(F)(F)C1)CN(Cc1ccoc1)C2. The molecule has 6 nitrogen and oxygen atoms in total. The minimum atomic E-state index is -2.75. The van der Waals surface area contributed by atoms with Crippen molar-refractivity contribution in [3.8, 4) is 0 Å². The lowest BCUT2D eigenvalue weighted by atomic mass is 9.94. The molecule has 4 rings (SSSR count). The van der Waals surface area contributed by atoms with Crippen LogP contribution in [-0.4, -0.2) is 50.8 Å². The van der Waals surface area contributed by atoms with Gasteiger partial charge in [0.05, 0.1) is 49.2 Å². The monoisotopic (exact) mass is 336 g/mol. The minimum Gasteiger partial charge on any atom is -0.472 e. The zero-order valence-corrected chi connectivity index (χ0v) is 13.3. The lowest BCUT2D eigenvalue weighted by Gasteiger charge is -2.42. The summed E-state index contributed by atoms with van der Waals surface area (Å²) in [4.78, 5) is 20.5. The number of carbonyl (C=O) groups excluding carboxylic acids is 1. The molecule has 1 saturated heterocycles. The number of aryl methyl sites for hydroxylation is 1. The van der Waals surface area contributed by atoms with Crippen molar-refractivity contribution >= 4 is 5.91 Å². The van der Waals surface area contributed by atoms with Crippen molar-refractivity contribution in [2.75, 3.05) is 19.6 Å². The second-order valence-electron chi connectivity index (χ2n) is 6.59. The van der Waals surface area contributed by atoms with E-state index in [0.717, 1.165) is 17.0 Å². The second-order valence-corrected chi connectivity index (χ2v) is 6.59. The fourth-order valence-electron chi connectivity index (χ4n) is 3.52. The van der Waals surface area contributed by atoms with E-state index in [-0.39, 0.29) is 5.91 Å². The average molecular weight is 336 g/mol. The van der Waals surface area contributed by atoms with Gasteiger partial charge in [0.15, 0.2) is 0 Å². The molecule has 2 aliphatic rings. The first-order valence-corrected chi connectivity index (χ1v) is 7.83. The zero-order chi connectivity index (χ0) is 16.9. The number of aromatic nitrogens is 2. The van der Waals surface area contributed by atoms with Crippen LogP contribution in [-0.2, 0) is 24.9 Å². The molecule has 1 atom stereocenters. The summed E-state index contributed by atoms with van der Waals surface area (Å²) in [5, 5.41) is 0. The Hall–Kier alpha value is -2.22. The summed E-state index contributed by atoms with van der Waals surface area (Å²) in [6.45, 7) is 0.765. The van der Waals surface area contributed by atoms with Gasteiger partial charge in [-0.15, -0.1) is 0 Å². The summed E-state index contributed by atoms with van der Waals surface area (Å²) in [5.74, 6) is -3.47. The van der Waals surface area contributed by atoms with Gasteiger partial charge in [-0.1, -0.05) is 0 Å². The van der Waals surface area contributed by atoms with Gasteiger partial charge in [0.25, 0.3) is 5.92 Å². The third-order valence-corrected chi connectivity index (χ3v) is 4.65. The fourth-order valence-corrected chi connectivity index (χ4v) is 3.52. The first kappa shape index (κ1) is 15.3. The smallest absolute Gasteiger partial charge is 0.282 e. The molecule has 0 aromatic carbocycles. The molecular formula is C16H18F2N4O2. The molecule has 4 heterocycles. The van der Waals surface area contributed by atoms with Gasteiger partial charge in [-0.3, -0.25) is 9.69 Å². The molecule has 0 spiro atoms. The highest BCUT2D eigenvalue weighted by molar-refractivity contribution is 5.85. The van der Waals surface area contributed by atoms with Crippen molar-refractivity contribution in [1.82, 2.24) is 19.4 Å². The molecule has 0 unspecified atom stereocenters. The molecule has 0 N–H and O–H groups in total. The third kappa shape index (κ3) is 2.60. The first-order valence-electron chi connectivity index (χ1n) is 7.83. The fraction of sp³-hybridized carbons (Fsp3) is 0.500. The summed E-state index contributed by atoms with van der Waals surface area (Å²) in [5.41, 5.74) is 2.67. The number of hydrogen-bond donors (Lipinski definition) is 0. The van der Waals surface area contributed by atoms with Crippen LogP contribution in [0.5, 0.6) is 0 Å².